The number of furan rings is 1. The van der Waals surface area contributed by atoms with Crippen LogP contribution in [0.15, 0.2) is 34.7 Å². The Bertz CT molecular complexity index is 543. The van der Waals surface area contributed by atoms with Crippen molar-refractivity contribution in [2.75, 3.05) is 0 Å². The van der Waals surface area contributed by atoms with E-state index in [9.17, 15) is 9.90 Å². The second-order valence-corrected chi connectivity index (χ2v) is 3.77. The number of aromatic carboxylic acids is 1. The van der Waals surface area contributed by atoms with Gasteiger partial charge in [0.2, 0.25) is 0 Å². The van der Waals surface area contributed by atoms with Gasteiger partial charge in [0.05, 0.1) is 0 Å². The highest BCUT2D eigenvalue weighted by atomic mass is 35.5. The molecule has 82 valence electrons. The van der Waals surface area contributed by atoms with Gasteiger partial charge in [-0.1, -0.05) is 23.7 Å². The number of rotatable bonds is 2. The molecule has 3 nitrogen and oxygen atoms in total. The summed E-state index contributed by atoms with van der Waals surface area (Å²) in [4.78, 5) is 10.6. The highest BCUT2D eigenvalue weighted by Crippen LogP contribution is 2.29. The molecule has 0 amide bonds. The van der Waals surface area contributed by atoms with Crippen molar-refractivity contribution in [3.05, 3.63) is 46.7 Å². The summed E-state index contributed by atoms with van der Waals surface area (Å²) in [5.41, 5.74) is 1.63. The molecule has 16 heavy (non-hydrogen) atoms. The van der Waals surface area contributed by atoms with Gasteiger partial charge in [-0.25, -0.2) is 0 Å². The molecule has 0 atom stereocenters. The summed E-state index contributed by atoms with van der Waals surface area (Å²) >= 11 is 5.96. The van der Waals surface area contributed by atoms with Gasteiger partial charge in [0.15, 0.2) is 0 Å². The first-order chi connectivity index (χ1) is 7.59. The van der Waals surface area contributed by atoms with Crippen LogP contribution in [0, 0.1) is 6.92 Å². The molecular weight excluding hydrogens is 228 g/mol. The molecule has 0 aliphatic carbocycles. The molecule has 0 aliphatic rings. The quantitative estimate of drug-likeness (QED) is 0.802. The summed E-state index contributed by atoms with van der Waals surface area (Å²) in [6.07, 6.45) is 0. The third-order valence-electron chi connectivity index (χ3n) is 2.34. The smallest absolute Gasteiger partial charge is 0.150 e. The normalized spacial score (nSPS) is 10.4. The molecule has 0 bridgehead atoms. The Morgan fingerprint density at radius 2 is 2.06 bits per heavy atom. The van der Waals surface area contributed by atoms with Crippen LogP contribution in [-0.2, 0) is 0 Å². The lowest BCUT2D eigenvalue weighted by Crippen LogP contribution is -2.21. The lowest BCUT2D eigenvalue weighted by Gasteiger charge is -2.04. The van der Waals surface area contributed by atoms with Crippen molar-refractivity contribution in [2.24, 2.45) is 0 Å². The number of halogens is 1. The van der Waals surface area contributed by atoms with Gasteiger partial charge in [-0.2, -0.15) is 0 Å². The summed E-state index contributed by atoms with van der Waals surface area (Å²) in [6.45, 7) is 1.85. The number of carbonyl (C=O) groups excluding carboxylic acids is 1. The standard InChI is InChI=1S/C12H9ClO3/c1-7-8(3-2-4-9(7)13)10-5-6-11(16-10)12(14)15/h2-6H,1H3,(H,14,15)/p-1. The summed E-state index contributed by atoms with van der Waals surface area (Å²) in [5.74, 6) is -1.04. The zero-order valence-electron chi connectivity index (χ0n) is 8.49. The van der Waals surface area contributed by atoms with Gasteiger partial charge in [-0.05, 0) is 30.7 Å². The van der Waals surface area contributed by atoms with E-state index in [1.807, 2.05) is 13.0 Å². The summed E-state index contributed by atoms with van der Waals surface area (Å²) in [6, 6.07) is 8.32. The van der Waals surface area contributed by atoms with E-state index in [0.29, 0.717) is 10.8 Å². The van der Waals surface area contributed by atoms with E-state index in [1.54, 1.807) is 18.2 Å². The number of carboxylic acids is 1. The van der Waals surface area contributed by atoms with Gasteiger partial charge in [-0.3, -0.25) is 0 Å². The average molecular weight is 236 g/mol. The predicted octanol–water partition coefficient (Wildman–Crippen LogP) is 2.27. The Balaban J connectivity index is 2.50. The second kappa shape index (κ2) is 4.02. The fourth-order valence-electron chi connectivity index (χ4n) is 1.47. The molecule has 0 radical (unpaired) electrons. The van der Waals surface area contributed by atoms with Crippen molar-refractivity contribution >= 4 is 17.6 Å². The van der Waals surface area contributed by atoms with Crippen molar-refractivity contribution in [3.8, 4) is 11.3 Å². The predicted molar refractivity (Wildman–Crippen MR) is 58.2 cm³/mol. The summed E-state index contributed by atoms with van der Waals surface area (Å²) in [5, 5.41) is 11.2. The molecule has 0 spiro atoms. The van der Waals surface area contributed by atoms with Crippen molar-refractivity contribution in [2.45, 2.75) is 6.92 Å². The zero-order chi connectivity index (χ0) is 11.7. The highest BCUT2D eigenvalue weighted by molar-refractivity contribution is 6.31. The Kier molecular flexibility index (Phi) is 2.71. The van der Waals surface area contributed by atoms with Crippen LogP contribution in [0.3, 0.4) is 0 Å². The molecule has 0 fully saturated rings. The maximum Gasteiger partial charge on any atom is 0.150 e. The molecule has 0 saturated carbocycles. The van der Waals surface area contributed by atoms with Crippen molar-refractivity contribution in [1.82, 2.24) is 0 Å². The van der Waals surface area contributed by atoms with Crippen LogP contribution in [0.2, 0.25) is 5.02 Å². The molecule has 2 rings (SSSR count). The number of carboxylic acid groups (broad SMARTS) is 1. The average Bonchev–Trinajstić information content (AvgIpc) is 2.71. The maximum absolute atomic E-state index is 10.6. The molecule has 2 aromatic rings. The van der Waals surface area contributed by atoms with Crippen LogP contribution in [-0.4, -0.2) is 5.97 Å². The lowest BCUT2D eigenvalue weighted by molar-refractivity contribution is -0.257. The first kappa shape index (κ1) is 10.8. The van der Waals surface area contributed by atoms with Crippen LogP contribution in [0.5, 0.6) is 0 Å². The SMILES string of the molecule is Cc1c(Cl)cccc1-c1ccc(C(=O)[O-])o1. The first-order valence-corrected chi connectivity index (χ1v) is 5.04. The largest absolute Gasteiger partial charge is 0.542 e. The van der Waals surface area contributed by atoms with E-state index in [2.05, 4.69) is 0 Å². The number of benzene rings is 1. The van der Waals surface area contributed by atoms with E-state index in [-0.39, 0.29) is 5.76 Å². The number of hydrogen-bond donors (Lipinski definition) is 0. The molecule has 0 saturated heterocycles. The van der Waals surface area contributed by atoms with Gasteiger partial charge in [0.25, 0.3) is 0 Å². The van der Waals surface area contributed by atoms with Gasteiger partial charge < -0.3 is 14.3 Å². The number of carbonyl (C=O) groups is 1. The fraction of sp³-hybridized carbons (Fsp3) is 0.0833. The van der Waals surface area contributed by atoms with Crippen LogP contribution < -0.4 is 5.11 Å². The second-order valence-electron chi connectivity index (χ2n) is 3.36. The van der Waals surface area contributed by atoms with Crippen LogP contribution in [0.4, 0.5) is 0 Å². The minimum atomic E-state index is -1.33. The van der Waals surface area contributed by atoms with Crippen molar-refractivity contribution < 1.29 is 14.3 Å². The number of hydrogen-bond acceptors (Lipinski definition) is 3. The van der Waals surface area contributed by atoms with E-state index < -0.39 is 5.97 Å². The Morgan fingerprint density at radius 1 is 1.31 bits per heavy atom. The summed E-state index contributed by atoms with van der Waals surface area (Å²) in [7, 11) is 0. The first-order valence-electron chi connectivity index (χ1n) is 4.66. The molecule has 0 unspecified atom stereocenters. The molecule has 0 N–H and O–H groups in total. The van der Waals surface area contributed by atoms with Gasteiger partial charge in [0, 0.05) is 10.6 Å². The monoisotopic (exact) mass is 235 g/mol. The topological polar surface area (TPSA) is 53.3 Å². The molecule has 1 aromatic carbocycles. The van der Waals surface area contributed by atoms with Crippen molar-refractivity contribution in [3.63, 3.8) is 0 Å². The zero-order valence-corrected chi connectivity index (χ0v) is 9.25. The van der Waals surface area contributed by atoms with Crippen LogP contribution >= 0.6 is 11.6 Å². The van der Waals surface area contributed by atoms with Gasteiger partial charge in [-0.15, -0.1) is 0 Å². The minimum absolute atomic E-state index is 0.186. The van der Waals surface area contributed by atoms with Crippen LogP contribution in [0.1, 0.15) is 16.1 Å². The van der Waals surface area contributed by atoms with E-state index in [4.69, 9.17) is 16.0 Å². The maximum atomic E-state index is 10.6. The highest BCUT2D eigenvalue weighted by Gasteiger charge is 2.09. The summed E-state index contributed by atoms with van der Waals surface area (Å²) < 4.78 is 5.15. The fourth-order valence-corrected chi connectivity index (χ4v) is 1.64. The Labute approximate surface area is 97.3 Å². The molecule has 1 heterocycles. The third kappa shape index (κ3) is 1.82. The molecule has 0 aliphatic heterocycles. The third-order valence-corrected chi connectivity index (χ3v) is 2.75. The molecular formula is C12H8ClO3-. The lowest BCUT2D eigenvalue weighted by atomic mass is 10.1. The Hall–Kier alpha value is -1.74. The molecule has 1 aromatic heterocycles. The van der Waals surface area contributed by atoms with Gasteiger partial charge >= 0.3 is 0 Å². The van der Waals surface area contributed by atoms with Gasteiger partial charge in [0.1, 0.15) is 17.5 Å². The molecule has 4 heteroatoms. The van der Waals surface area contributed by atoms with Crippen LogP contribution in [0.25, 0.3) is 11.3 Å². The van der Waals surface area contributed by atoms with Crippen molar-refractivity contribution in [1.29, 1.82) is 0 Å². The van der Waals surface area contributed by atoms with E-state index >= 15 is 0 Å². The Morgan fingerprint density at radius 3 is 2.69 bits per heavy atom. The minimum Gasteiger partial charge on any atom is -0.542 e. The van der Waals surface area contributed by atoms with E-state index in [0.717, 1.165) is 11.1 Å². The van der Waals surface area contributed by atoms with E-state index in [1.165, 1.54) is 6.07 Å².